The molecule has 0 saturated carbocycles. The molecular formula is C12H12FN3O2S. The molecule has 1 aliphatic heterocycles. The van der Waals surface area contributed by atoms with E-state index in [-0.39, 0.29) is 17.0 Å². The van der Waals surface area contributed by atoms with E-state index in [0.29, 0.717) is 24.3 Å². The van der Waals surface area contributed by atoms with Crippen molar-refractivity contribution in [2.75, 3.05) is 29.5 Å². The lowest BCUT2D eigenvalue weighted by Gasteiger charge is -2.28. The minimum atomic E-state index is -2.94. The predicted octanol–water partition coefficient (Wildman–Crippen LogP) is 1.00. The average Bonchev–Trinajstić information content (AvgIpc) is 2.39. The lowest BCUT2D eigenvalue weighted by Crippen LogP contribution is -2.40. The van der Waals surface area contributed by atoms with Gasteiger partial charge in [-0.3, -0.25) is 0 Å². The largest absolute Gasteiger partial charge is 0.354 e. The molecule has 0 unspecified atom stereocenters. The molecule has 0 atom stereocenters. The van der Waals surface area contributed by atoms with Gasteiger partial charge in [0, 0.05) is 18.5 Å². The zero-order valence-corrected chi connectivity index (χ0v) is 10.9. The van der Waals surface area contributed by atoms with E-state index in [1.54, 1.807) is 12.1 Å². The van der Waals surface area contributed by atoms with Crippen LogP contribution in [-0.2, 0) is 9.84 Å². The Morgan fingerprint density at radius 3 is 2.63 bits per heavy atom. The minimum absolute atomic E-state index is 0.105. The molecule has 1 fully saturated rings. The van der Waals surface area contributed by atoms with E-state index < -0.39 is 15.7 Å². The number of fused-ring (bicyclic) bond motifs is 1. The molecule has 2 aromatic rings. The third-order valence-corrected chi connectivity index (χ3v) is 4.85. The van der Waals surface area contributed by atoms with Gasteiger partial charge in [0.2, 0.25) is 0 Å². The van der Waals surface area contributed by atoms with E-state index in [1.807, 2.05) is 4.90 Å². The van der Waals surface area contributed by atoms with E-state index in [1.165, 1.54) is 12.4 Å². The van der Waals surface area contributed by atoms with Crippen LogP contribution >= 0.6 is 0 Å². The maximum absolute atomic E-state index is 13.7. The molecule has 0 aliphatic carbocycles. The van der Waals surface area contributed by atoms with Gasteiger partial charge in [-0.15, -0.1) is 0 Å². The van der Waals surface area contributed by atoms with Crippen molar-refractivity contribution in [3.05, 3.63) is 30.3 Å². The summed E-state index contributed by atoms with van der Waals surface area (Å²) in [6.07, 6.45) is 1.31. The van der Waals surface area contributed by atoms with Gasteiger partial charge in [0.1, 0.15) is 23.5 Å². The maximum Gasteiger partial charge on any atom is 0.153 e. The highest BCUT2D eigenvalue weighted by atomic mass is 32.2. The summed E-state index contributed by atoms with van der Waals surface area (Å²) in [7, 11) is -2.94. The third kappa shape index (κ3) is 2.25. The maximum atomic E-state index is 13.7. The van der Waals surface area contributed by atoms with Crippen molar-refractivity contribution < 1.29 is 12.8 Å². The van der Waals surface area contributed by atoms with Gasteiger partial charge in [0.15, 0.2) is 9.84 Å². The fraction of sp³-hybridized carbons (Fsp3) is 0.333. The second kappa shape index (κ2) is 4.41. The van der Waals surface area contributed by atoms with Crippen LogP contribution in [0, 0.1) is 5.82 Å². The first-order valence-electron chi connectivity index (χ1n) is 5.91. The fourth-order valence-corrected chi connectivity index (χ4v) is 3.42. The molecule has 5 nitrogen and oxygen atoms in total. The molecular weight excluding hydrogens is 269 g/mol. The molecule has 1 aromatic carbocycles. The summed E-state index contributed by atoms with van der Waals surface area (Å²) in [4.78, 5) is 9.97. The summed E-state index contributed by atoms with van der Waals surface area (Å²) in [6.45, 7) is 0.760. The zero-order valence-electron chi connectivity index (χ0n) is 10.1. The van der Waals surface area contributed by atoms with E-state index in [2.05, 4.69) is 9.97 Å². The normalized spacial score (nSPS) is 18.7. The van der Waals surface area contributed by atoms with Crippen LogP contribution in [0.25, 0.3) is 10.9 Å². The molecule has 1 aromatic heterocycles. The minimum Gasteiger partial charge on any atom is -0.354 e. The second-order valence-electron chi connectivity index (χ2n) is 4.47. The smallest absolute Gasteiger partial charge is 0.153 e. The lowest BCUT2D eigenvalue weighted by atomic mass is 10.2. The van der Waals surface area contributed by atoms with E-state index >= 15 is 0 Å². The molecule has 0 N–H and O–H groups in total. The number of anilines is 1. The first kappa shape index (κ1) is 12.3. The third-order valence-electron chi connectivity index (χ3n) is 3.24. The number of nitrogens with zero attached hydrogens (tertiary/aromatic N) is 3. The number of benzene rings is 1. The topological polar surface area (TPSA) is 63.2 Å². The second-order valence-corrected chi connectivity index (χ2v) is 6.78. The predicted molar refractivity (Wildman–Crippen MR) is 70.4 cm³/mol. The highest BCUT2D eigenvalue weighted by Crippen LogP contribution is 2.25. The van der Waals surface area contributed by atoms with E-state index in [9.17, 15) is 12.8 Å². The number of sulfone groups is 1. The van der Waals surface area contributed by atoms with Crippen LogP contribution in [0.5, 0.6) is 0 Å². The first-order valence-corrected chi connectivity index (χ1v) is 7.73. The SMILES string of the molecule is O=S1(=O)CCN(c2ncnc3c(F)cccc23)CC1. The highest BCUT2D eigenvalue weighted by Gasteiger charge is 2.24. The standard InChI is InChI=1S/C12H12FN3O2S/c13-10-3-1-2-9-11(10)14-8-15-12(9)16-4-6-19(17,18)7-5-16/h1-3,8H,4-7H2. The van der Waals surface area contributed by atoms with Crippen LogP contribution in [0.4, 0.5) is 10.2 Å². The molecule has 1 aliphatic rings. The van der Waals surface area contributed by atoms with Crippen LogP contribution < -0.4 is 4.90 Å². The molecule has 2 heterocycles. The number of aromatic nitrogens is 2. The van der Waals surface area contributed by atoms with Crippen molar-refractivity contribution in [1.29, 1.82) is 0 Å². The summed E-state index contributed by atoms with van der Waals surface area (Å²) in [6, 6.07) is 4.70. The van der Waals surface area contributed by atoms with Gasteiger partial charge < -0.3 is 4.90 Å². The Kier molecular flexibility index (Phi) is 2.85. The molecule has 0 amide bonds. The van der Waals surface area contributed by atoms with Crippen LogP contribution in [-0.4, -0.2) is 43.0 Å². The Labute approximate surface area is 110 Å². The molecule has 0 bridgehead atoms. The van der Waals surface area contributed by atoms with Crippen molar-refractivity contribution >= 4 is 26.6 Å². The monoisotopic (exact) mass is 281 g/mol. The molecule has 7 heteroatoms. The van der Waals surface area contributed by atoms with Crippen LogP contribution in [0.3, 0.4) is 0 Å². The van der Waals surface area contributed by atoms with Gasteiger partial charge in [-0.25, -0.2) is 22.8 Å². The molecule has 19 heavy (non-hydrogen) atoms. The zero-order chi connectivity index (χ0) is 13.5. The summed E-state index contributed by atoms with van der Waals surface area (Å²) < 4.78 is 36.5. The average molecular weight is 281 g/mol. The van der Waals surface area contributed by atoms with Gasteiger partial charge in [-0.1, -0.05) is 6.07 Å². The van der Waals surface area contributed by atoms with Crippen molar-refractivity contribution in [2.45, 2.75) is 0 Å². The molecule has 1 saturated heterocycles. The quantitative estimate of drug-likeness (QED) is 0.780. The van der Waals surface area contributed by atoms with E-state index in [0.717, 1.165) is 0 Å². The van der Waals surface area contributed by atoms with Crippen LogP contribution in [0.1, 0.15) is 0 Å². The summed E-state index contributed by atoms with van der Waals surface area (Å²) in [5.41, 5.74) is 0.265. The Bertz CT molecular complexity index is 719. The van der Waals surface area contributed by atoms with Gasteiger partial charge in [-0.2, -0.15) is 0 Å². The Balaban J connectivity index is 2.04. The van der Waals surface area contributed by atoms with Gasteiger partial charge in [-0.05, 0) is 12.1 Å². The number of rotatable bonds is 1. The number of para-hydroxylation sites is 1. The van der Waals surface area contributed by atoms with Gasteiger partial charge >= 0.3 is 0 Å². The van der Waals surface area contributed by atoms with Crippen molar-refractivity contribution in [3.8, 4) is 0 Å². The summed E-state index contributed by atoms with van der Waals surface area (Å²) in [5, 5.41) is 0.613. The van der Waals surface area contributed by atoms with Crippen LogP contribution in [0.2, 0.25) is 0 Å². The molecule has 0 spiro atoms. The van der Waals surface area contributed by atoms with Crippen molar-refractivity contribution in [3.63, 3.8) is 0 Å². The Morgan fingerprint density at radius 2 is 1.89 bits per heavy atom. The summed E-state index contributed by atoms with van der Waals surface area (Å²) >= 11 is 0. The molecule has 3 rings (SSSR count). The number of halogens is 1. The highest BCUT2D eigenvalue weighted by molar-refractivity contribution is 7.91. The Morgan fingerprint density at radius 1 is 1.16 bits per heavy atom. The van der Waals surface area contributed by atoms with Crippen LogP contribution in [0.15, 0.2) is 24.5 Å². The number of hydrogen-bond donors (Lipinski definition) is 0. The van der Waals surface area contributed by atoms with Crippen molar-refractivity contribution in [2.24, 2.45) is 0 Å². The van der Waals surface area contributed by atoms with E-state index in [4.69, 9.17) is 0 Å². The first-order chi connectivity index (χ1) is 9.07. The Hall–Kier alpha value is -1.76. The van der Waals surface area contributed by atoms with Gasteiger partial charge in [0.05, 0.1) is 11.5 Å². The fourth-order valence-electron chi connectivity index (χ4n) is 2.21. The summed E-state index contributed by atoms with van der Waals surface area (Å²) in [5.74, 6) is 0.409. The molecule has 100 valence electrons. The number of hydrogen-bond acceptors (Lipinski definition) is 5. The molecule has 0 radical (unpaired) electrons. The van der Waals surface area contributed by atoms with Gasteiger partial charge in [0.25, 0.3) is 0 Å². The lowest BCUT2D eigenvalue weighted by molar-refractivity contribution is 0.586. The van der Waals surface area contributed by atoms with Crippen molar-refractivity contribution in [1.82, 2.24) is 9.97 Å².